The van der Waals surface area contributed by atoms with Crippen LogP contribution in [0.3, 0.4) is 0 Å². The predicted octanol–water partition coefficient (Wildman–Crippen LogP) is 1.78. The molecule has 1 unspecified atom stereocenters. The van der Waals surface area contributed by atoms with Crippen LogP contribution in [0, 0.1) is 5.92 Å². The summed E-state index contributed by atoms with van der Waals surface area (Å²) < 4.78 is 11.6. The second-order valence-electron chi connectivity index (χ2n) is 8.07. The number of rotatable bonds is 6. The van der Waals surface area contributed by atoms with Crippen molar-refractivity contribution in [3.8, 4) is 0 Å². The zero-order chi connectivity index (χ0) is 18.9. The molecule has 2 aromatic heterocycles. The van der Waals surface area contributed by atoms with Crippen LogP contribution in [0.25, 0.3) is 0 Å². The van der Waals surface area contributed by atoms with E-state index in [1.165, 1.54) is 4.88 Å². The van der Waals surface area contributed by atoms with Crippen LogP contribution in [0.1, 0.15) is 36.9 Å². The number of thiazole rings is 1. The first-order valence-corrected chi connectivity index (χ1v) is 10.4. The summed E-state index contributed by atoms with van der Waals surface area (Å²) in [5.74, 6) is 2.03. The molecule has 4 heterocycles. The van der Waals surface area contributed by atoms with Gasteiger partial charge in [0, 0.05) is 50.2 Å². The van der Waals surface area contributed by atoms with Gasteiger partial charge < -0.3 is 15.0 Å². The van der Waals surface area contributed by atoms with Gasteiger partial charge in [0.05, 0.1) is 18.8 Å². The fourth-order valence-electron chi connectivity index (χ4n) is 3.97. The summed E-state index contributed by atoms with van der Waals surface area (Å²) in [5, 5.41) is 4.78. The van der Waals surface area contributed by atoms with Crippen molar-refractivity contribution in [2.24, 2.45) is 5.92 Å². The van der Waals surface area contributed by atoms with Gasteiger partial charge in [-0.15, -0.1) is 11.3 Å². The summed E-state index contributed by atoms with van der Waals surface area (Å²) in [5.41, 5.74) is 5.66. The summed E-state index contributed by atoms with van der Waals surface area (Å²) in [6.07, 6.45) is 3.75. The number of morpholine rings is 1. The van der Waals surface area contributed by atoms with Crippen LogP contribution in [-0.2, 0) is 24.2 Å². The van der Waals surface area contributed by atoms with Gasteiger partial charge in [0.15, 0.2) is 11.0 Å². The maximum absolute atomic E-state index is 6.24. The van der Waals surface area contributed by atoms with E-state index in [1.807, 2.05) is 6.20 Å². The van der Waals surface area contributed by atoms with Gasteiger partial charge in [-0.05, 0) is 12.3 Å². The molecule has 0 amide bonds. The molecule has 9 heteroatoms. The monoisotopic (exact) mass is 392 g/mol. The molecule has 148 valence electrons. The Hall–Kier alpha value is -1.55. The van der Waals surface area contributed by atoms with Crippen LogP contribution in [-0.4, -0.2) is 63.3 Å². The SMILES string of the molecule is CC(C)Cc1nc(CN2CCC3(C2)CN(Cc2cnc(N)s2)CCO3)no1. The molecule has 2 N–H and O–H groups in total. The van der Waals surface area contributed by atoms with Crippen LogP contribution in [0.2, 0.25) is 0 Å². The Bertz CT molecular complexity index is 763. The minimum atomic E-state index is -0.0982. The van der Waals surface area contributed by atoms with Gasteiger partial charge in [0.2, 0.25) is 5.89 Å². The zero-order valence-corrected chi connectivity index (χ0v) is 16.9. The molecule has 27 heavy (non-hydrogen) atoms. The zero-order valence-electron chi connectivity index (χ0n) is 16.1. The van der Waals surface area contributed by atoms with Crippen LogP contribution >= 0.6 is 11.3 Å². The lowest BCUT2D eigenvalue weighted by molar-refractivity contribution is -0.103. The van der Waals surface area contributed by atoms with E-state index < -0.39 is 0 Å². The average Bonchev–Trinajstić information content (AvgIpc) is 3.30. The van der Waals surface area contributed by atoms with Crippen molar-refractivity contribution in [3.63, 3.8) is 0 Å². The standard InChI is InChI=1S/C18H28N6O2S/c1-13(2)7-16-21-15(22-26-16)10-23-4-3-18(11-23)12-24(5-6-25-18)9-14-8-20-17(19)27-14/h8,13H,3-7,9-12H2,1-2H3,(H2,19,20). The Balaban J connectivity index is 1.32. The number of likely N-dealkylation sites (tertiary alicyclic amines) is 1. The normalized spacial score (nSPS) is 24.4. The first-order valence-electron chi connectivity index (χ1n) is 9.60. The van der Waals surface area contributed by atoms with Crippen molar-refractivity contribution < 1.29 is 9.26 Å². The molecule has 4 rings (SSSR count). The Morgan fingerprint density at radius 2 is 2.07 bits per heavy atom. The van der Waals surface area contributed by atoms with E-state index in [2.05, 4.69) is 38.8 Å². The third-order valence-electron chi connectivity index (χ3n) is 5.13. The molecule has 0 aromatic carbocycles. The highest BCUT2D eigenvalue weighted by Gasteiger charge is 2.43. The number of nitrogens with two attached hydrogens (primary N) is 1. The van der Waals surface area contributed by atoms with Gasteiger partial charge in [0.1, 0.15) is 0 Å². The van der Waals surface area contributed by atoms with Crippen molar-refractivity contribution >= 4 is 16.5 Å². The molecule has 2 aromatic rings. The molecular formula is C18H28N6O2S. The minimum absolute atomic E-state index is 0.0982. The van der Waals surface area contributed by atoms with Crippen LogP contribution < -0.4 is 5.73 Å². The molecule has 0 bridgehead atoms. The third-order valence-corrected chi connectivity index (χ3v) is 5.94. The molecule has 1 spiro atoms. The highest BCUT2D eigenvalue weighted by molar-refractivity contribution is 7.15. The number of aromatic nitrogens is 3. The quantitative estimate of drug-likeness (QED) is 0.795. The van der Waals surface area contributed by atoms with Crippen molar-refractivity contribution in [2.45, 2.75) is 45.4 Å². The summed E-state index contributed by atoms with van der Waals surface area (Å²) in [6.45, 7) is 10.5. The van der Waals surface area contributed by atoms with Crippen molar-refractivity contribution in [1.29, 1.82) is 0 Å². The molecule has 0 aliphatic carbocycles. The first kappa shape index (κ1) is 18.8. The topological polar surface area (TPSA) is 93.5 Å². The van der Waals surface area contributed by atoms with Gasteiger partial charge in [-0.25, -0.2) is 4.98 Å². The molecular weight excluding hydrogens is 364 g/mol. The summed E-state index contributed by atoms with van der Waals surface area (Å²) in [7, 11) is 0. The van der Waals surface area contributed by atoms with Gasteiger partial charge >= 0.3 is 0 Å². The lowest BCUT2D eigenvalue weighted by atomic mass is 10.0. The number of hydrogen-bond donors (Lipinski definition) is 1. The van der Waals surface area contributed by atoms with Gasteiger partial charge in [-0.2, -0.15) is 4.98 Å². The molecule has 0 saturated carbocycles. The number of anilines is 1. The van der Waals surface area contributed by atoms with E-state index >= 15 is 0 Å². The van der Waals surface area contributed by atoms with E-state index in [1.54, 1.807) is 11.3 Å². The smallest absolute Gasteiger partial charge is 0.226 e. The van der Waals surface area contributed by atoms with E-state index in [9.17, 15) is 0 Å². The van der Waals surface area contributed by atoms with Crippen molar-refractivity contribution in [2.75, 3.05) is 38.5 Å². The van der Waals surface area contributed by atoms with Crippen LogP contribution in [0.15, 0.2) is 10.7 Å². The van der Waals surface area contributed by atoms with Crippen molar-refractivity contribution in [3.05, 3.63) is 22.8 Å². The summed E-state index contributed by atoms with van der Waals surface area (Å²) in [6, 6.07) is 0. The molecule has 2 aliphatic heterocycles. The molecule has 8 nitrogen and oxygen atoms in total. The van der Waals surface area contributed by atoms with E-state index in [4.69, 9.17) is 15.0 Å². The average molecular weight is 393 g/mol. The Morgan fingerprint density at radius 3 is 2.81 bits per heavy atom. The fraction of sp³-hybridized carbons (Fsp3) is 0.722. The van der Waals surface area contributed by atoms with Gasteiger partial charge in [-0.3, -0.25) is 9.80 Å². The third kappa shape index (κ3) is 4.66. The van der Waals surface area contributed by atoms with Gasteiger partial charge in [0.25, 0.3) is 0 Å². The van der Waals surface area contributed by atoms with Gasteiger partial charge in [-0.1, -0.05) is 19.0 Å². The molecule has 0 radical (unpaired) electrons. The Morgan fingerprint density at radius 1 is 1.26 bits per heavy atom. The Labute approximate surface area is 163 Å². The maximum atomic E-state index is 6.24. The lowest BCUT2D eigenvalue weighted by Gasteiger charge is -2.40. The molecule has 2 fully saturated rings. The van der Waals surface area contributed by atoms with Crippen molar-refractivity contribution in [1.82, 2.24) is 24.9 Å². The highest BCUT2D eigenvalue weighted by Crippen LogP contribution is 2.31. The highest BCUT2D eigenvalue weighted by atomic mass is 32.1. The number of nitrogens with zero attached hydrogens (tertiary/aromatic N) is 5. The second-order valence-corrected chi connectivity index (χ2v) is 9.22. The fourth-order valence-corrected chi connectivity index (χ4v) is 4.70. The largest absolute Gasteiger partial charge is 0.375 e. The number of hydrogen-bond acceptors (Lipinski definition) is 9. The minimum Gasteiger partial charge on any atom is -0.375 e. The maximum Gasteiger partial charge on any atom is 0.226 e. The first-order chi connectivity index (χ1) is 13.0. The summed E-state index contributed by atoms with van der Waals surface area (Å²) in [4.78, 5) is 14.7. The van der Waals surface area contributed by atoms with Crippen LogP contribution in [0.4, 0.5) is 5.13 Å². The van der Waals surface area contributed by atoms with Crippen LogP contribution in [0.5, 0.6) is 0 Å². The molecule has 2 saturated heterocycles. The molecule has 1 atom stereocenters. The van der Waals surface area contributed by atoms with E-state index in [-0.39, 0.29) is 5.60 Å². The second kappa shape index (κ2) is 7.83. The Kier molecular flexibility index (Phi) is 5.45. The predicted molar refractivity (Wildman–Crippen MR) is 103 cm³/mol. The number of nitrogen functional groups attached to an aromatic ring is 1. The number of ether oxygens (including phenoxy) is 1. The summed E-state index contributed by atoms with van der Waals surface area (Å²) >= 11 is 1.57. The molecule has 2 aliphatic rings. The van der Waals surface area contributed by atoms with E-state index in [0.717, 1.165) is 70.4 Å². The van der Waals surface area contributed by atoms with E-state index in [0.29, 0.717) is 11.0 Å². The lowest BCUT2D eigenvalue weighted by Crippen LogP contribution is -2.52.